The topological polar surface area (TPSA) is 35.5 Å². The van der Waals surface area contributed by atoms with Gasteiger partial charge in [-0.2, -0.15) is 0 Å². The highest BCUT2D eigenvalue weighted by atomic mass is 16.6. The molecule has 0 spiro atoms. The maximum absolute atomic E-state index is 12.8. The highest BCUT2D eigenvalue weighted by molar-refractivity contribution is 5.93. The number of methoxy groups -OCH3 is 1. The molecule has 2 atom stereocenters. The van der Waals surface area contributed by atoms with Gasteiger partial charge in [0.2, 0.25) is 5.60 Å². The second-order valence-electron chi connectivity index (χ2n) is 6.12. The Morgan fingerprint density at radius 1 is 1.00 bits per heavy atom. The highest BCUT2D eigenvalue weighted by Gasteiger charge is 2.55. The Balaban J connectivity index is 1.98. The number of ether oxygens (including phenoxy) is 2. The molecule has 120 valence electrons. The number of carbonyl (C=O) groups is 1. The number of carbonyl (C=O) groups excluding carboxylic acids is 1. The van der Waals surface area contributed by atoms with Crippen LogP contribution in [0.2, 0.25) is 0 Å². The summed E-state index contributed by atoms with van der Waals surface area (Å²) in [5, 5.41) is 2.25. The van der Waals surface area contributed by atoms with Gasteiger partial charge in [-0.3, -0.25) is 0 Å². The van der Waals surface area contributed by atoms with Gasteiger partial charge in [0.25, 0.3) is 0 Å². The second-order valence-corrected chi connectivity index (χ2v) is 6.12. The van der Waals surface area contributed by atoms with E-state index >= 15 is 0 Å². The van der Waals surface area contributed by atoms with Crippen molar-refractivity contribution in [1.82, 2.24) is 0 Å². The largest absolute Gasteiger partial charge is 0.470 e. The molecule has 0 N–H and O–H groups in total. The molecule has 0 saturated carbocycles. The third kappa shape index (κ3) is 1.88. The van der Waals surface area contributed by atoms with Gasteiger partial charge in [-0.25, -0.2) is 4.79 Å². The van der Waals surface area contributed by atoms with Crippen molar-refractivity contribution >= 4 is 16.7 Å². The van der Waals surface area contributed by atoms with E-state index < -0.39 is 5.60 Å². The van der Waals surface area contributed by atoms with E-state index in [2.05, 4.69) is 12.1 Å². The lowest BCUT2D eigenvalue weighted by molar-refractivity contribution is -0.160. The van der Waals surface area contributed by atoms with Crippen molar-refractivity contribution < 1.29 is 14.3 Å². The van der Waals surface area contributed by atoms with Crippen molar-refractivity contribution in [3.8, 4) is 5.75 Å². The lowest BCUT2D eigenvalue weighted by atomic mass is 9.79. The van der Waals surface area contributed by atoms with E-state index in [0.717, 1.165) is 27.6 Å². The Bertz CT molecular complexity index is 917. The summed E-state index contributed by atoms with van der Waals surface area (Å²) in [6, 6.07) is 21.7. The average Bonchev–Trinajstić information content (AvgIpc) is 2.96. The molecule has 3 nitrogen and oxygen atoms in total. The zero-order valence-electron chi connectivity index (χ0n) is 13.7. The zero-order chi connectivity index (χ0) is 16.7. The minimum Gasteiger partial charge on any atom is -0.470 e. The predicted molar refractivity (Wildman–Crippen MR) is 93.1 cm³/mol. The minimum absolute atomic E-state index is 0.159. The minimum atomic E-state index is -1.15. The molecular formula is C21H18O3. The van der Waals surface area contributed by atoms with E-state index in [9.17, 15) is 4.79 Å². The fraction of sp³-hybridized carbons (Fsp3) is 0.190. The predicted octanol–water partition coefficient (Wildman–Crippen LogP) is 4.40. The average molecular weight is 318 g/mol. The van der Waals surface area contributed by atoms with Gasteiger partial charge >= 0.3 is 5.97 Å². The van der Waals surface area contributed by atoms with Crippen molar-refractivity contribution in [2.24, 2.45) is 0 Å². The standard InChI is InChI=1S/C21H18O3/c1-14-19-17-11-7-6-8-15(17)12-13-18(19)24-21(14,20(22)23-2)16-9-4-3-5-10-16/h3-14H,1-2H3/t14-,21+/m1/s1. The molecular weight excluding hydrogens is 300 g/mol. The summed E-state index contributed by atoms with van der Waals surface area (Å²) in [5.41, 5.74) is 0.717. The zero-order valence-corrected chi connectivity index (χ0v) is 13.7. The molecule has 1 aliphatic rings. The molecule has 0 unspecified atom stereocenters. The van der Waals surface area contributed by atoms with Crippen LogP contribution in [0.4, 0.5) is 0 Å². The van der Waals surface area contributed by atoms with Crippen molar-refractivity contribution in [2.45, 2.75) is 18.4 Å². The third-order valence-corrected chi connectivity index (χ3v) is 4.94. The van der Waals surface area contributed by atoms with E-state index in [1.807, 2.05) is 61.5 Å². The molecule has 3 aromatic rings. The van der Waals surface area contributed by atoms with Gasteiger partial charge in [0, 0.05) is 17.0 Å². The maximum Gasteiger partial charge on any atom is 0.355 e. The van der Waals surface area contributed by atoms with Crippen LogP contribution in [-0.2, 0) is 15.1 Å². The molecule has 3 heteroatoms. The number of hydrogen-bond acceptors (Lipinski definition) is 3. The number of benzene rings is 3. The Morgan fingerprint density at radius 2 is 1.71 bits per heavy atom. The first-order valence-corrected chi connectivity index (χ1v) is 8.03. The third-order valence-electron chi connectivity index (χ3n) is 4.94. The molecule has 0 bridgehead atoms. The number of fused-ring (bicyclic) bond motifs is 3. The number of esters is 1. The summed E-state index contributed by atoms with van der Waals surface area (Å²) < 4.78 is 11.4. The lowest BCUT2D eigenvalue weighted by Crippen LogP contribution is -2.43. The van der Waals surface area contributed by atoms with Gasteiger partial charge in [-0.05, 0) is 16.8 Å². The molecule has 3 aromatic carbocycles. The van der Waals surface area contributed by atoms with E-state index in [1.54, 1.807) is 0 Å². The quantitative estimate of drug-likeness (QED) is 0.657. The smallest absolute Gasteiger partial charge is 0.355 e. The van der Waals surface area contributed by atoms with E-state index in [1.165, 1.54) is 7.11 Å². The van der Waals surface area contributed by atoms with Crippen LogP contribution in [0.5, 0.6) is 5.75 Å². The second kappa shape index (κ2) is 5.38. The molecule has 1 aliphatic heterocycles. The van der Waals surface area contributed by atoms with Gasteiger partial charge in [0.15, 0.2) is 0 Å². The number of rotatable bonds is 2. The van der Waals surface area contributed by atoms with Crippen LogP contribution >= 0.6 is 0 Å². The summed E-state index contributed by atoms with van der Waals surface area (Å²) >= 11 is 0. The van der Waals surface area contributed by atoms with Crippen LogP contribution in [0.1, 0.15) is 24.0 Å². The fourth-order valence-electron chi connectivity index (χ4n) is 3.76. The molecule has 0 aromatic heterocycles. The van der Waals surface area contributed by atoms with Crippen molar-refractivity contribution in [3.05, 3.63) is 77.9 Å². The van der Waals surface area contributed by atoms with E-state index in [0.29, 0.717) is 0 Å². The summed E-state index contributed by atoms with van der Waals surface area (Å²) in [5.74, 6) is 0.213. The molecule has 0 saturated heterocycles. The monoisotopic (exact) mass is 318 g/mol. The van der Waals surface area contributed by atoms with Gasteiger partial charge in [0.05, 0.1) is 7.11 Å². The van der Waals surface area contributed by atoms with Crippen LogP contribution in [0, 0.1) is 0 Å². The van der Waals surface area contributed by atoms with Gasteiger partial charge in [0.1, 0.15) is 5.75 Å². The van der Waals surface area contributed by atoms with Crippen LogP contribution in [0.3, 0.4) is 0 Å². The van der Waals surface area contributed by atoms with Crippen LogP contribution in [0.15, 0.2) is 66.7 Å². The summed E-state index contributed by atoms with van der Waals surface area (Å²) in [6.45, 7) is 2.03. The Kier molecular flexibility index (Phi) is 3.31. The Morgan fingerprint density at radius 3 is 2.46 bits per heavy atom. The molecule has 0 fully saturated rings. The Labute approximate surface area is 140 Å². The summed E-state index contributed by atoms with van der Waals surface area (Å²) in [6.07, 6.45) is 0. The first-order chi connectivity index (χ1) is 11.7. The van der Waals surface area contributed by atoms with Gasteiger partial charge < -0.3 is 9.47 Å². The van der Waals surface area contributed by atoms with Crippen molar-refractivity contribution in [3.63, 3.8) is 0 Å². The normalized spacial score (nSPS) is 22.0. The molecule has 4 rings (SSSR count). The molecule has 1 heterocycles. The molecule has 24 heavy (non-hydrogen) atoms. The molecule has 0 aliphatic carbocycles. The van der Waals surface area contributed by atoms with Gasteiger partial charge in [-0.1, -0.05) is 67.6 Å². The van der Waals surface area contributed by atoms with E-state index in [-0.39, 0.29) is 11.9 Å². The highest BCUT2D eigenvalue weighted by Crippen LogP contribution is 2.53. The van der Waals surface area contributed by atoms with E-state index in [4.69, 9.17) is 9.47 Å². The molecule has 0 radical (unpaired) electrons. The fourth-order valence-corrected chi connectivity index (χ4v) is 3.76. The SMILES string of the molecule is COC(=O)[C@]1(c2ccccc2)Oc2ccc3ccccc3c2[C@H]1C. The van der Waals surface area contributed by atoms with Crippen molar-refractivity contribution in [2.75, 3.05) is 7.11 Å². The first-order valence-electron chi connectivity index (χ1n) is 8.03. The number of hydrogen-bond donors (Lipinski definition) is 0. The van der Waals surface area contributed by atoms with Crippen LogP contribution in [0.25, 0.3) is 10.8 Å². The lowest BCUT2D eigenvalue weighted by Gasteiger charge is -2.30. The van der Waals surface area contributed by atoms with Crippen LogP contribution < -0.4 is 4.74 Å². The maximum atomic E-state index is 12.8. The summed E-state index contributed by atoms with van der Waals surface area (Å²) in [4.78, 5) is 12.8. The van der Waals surface area contributed by atoms with Crippen LogP contribution in [-0.4, -0.2) is 13.1 Å². The molecule has 0 amide bonds. The van der Waals surface area contributed by atoms with Crippen molar-refractivity contribution in [1.29, 1.82) is 0 Å². The summed E-state index contributed by atoms with van der Waals surface area (Å²) in [7, 11) is 1.41. The Hall–Kier alpha value is -2.81. The van der Waals surface area contributed by atoms with Gasteiger partial charge in [-0.15, -0.1) is 0 Å². The first kappa shape index (κ1) is 14.8.